The smallest absolute Gasteiger partial charge is 0.251 e. The third-order valence-corrected chi connectivity index (χ3v) is 4.00. The lowest BCUT2D eigenvalue weighted by Gasteiger charge is -2.17. The zero-order valence-corrected chi connectivity index (χ0v) is 14.3. The Morgan fingerprint density at radius 1 is 1.28 bits per heavy atom. The number of amides is 2. The first kappa shape index (κ1) is 17.0. The van der Waals surface area contributed by atoms with Crippen molar-refractivity contribution in [2.24, 2.45) is 0 Å². The van der Waals surface area contributed by atoms with E-state index >= 15 is 0 Å². The minimum absolute atomic E-state index is 0.0553. The summed E-state index contributed by atoms with van der Waals surface area (Å²) in [5, 5.41) is 12.6. The van der Waals surface area contributed by atoms with Gasteiger partial charge in [-0.1, -0.05) is 12.1 Å². The third kappa shape index (κ3) is 4.59. The molecular weight excluding hydrogens is 320 g/mol. The molecule has 132 valence electrons. The Balaban J connectivity index is 1.58. The first-order chi connectivity index (χ1) is 12.0. The second-order valence-electron chi connectivity index (χ2n) is 6.24. The van der Waals surface area contributed by atoms with E-state index in [0.717, 1.165) is 18.5 Å². The highest BCUT2D eigenvalue weighted by Gasteiger charge is 2.23. The van der Waals surface area contributed by atoms with Crippen molar-refractivity contribution in [2.45, 2.75) is 45.2 Å². The Kier molecular flexibility index (Phi) is 5.02. The highest BCUT2D eigenvalue weighted by Crippen LogP contribution is 2.20. The van der Waals surface area contributed by atoms with Crippen molar-refractivity contribution >= 4 is 23.3 Å². The van der Waals surface area contributed by atoms with Crippen molar-refractivity contribution in [1.29, 1.82) is 0 Å². The van der Waals surface area contributed by atoms with E-state index in [4.69, 9.17) is 4.52 Å². The summed E-state index contributed by atoms with van der Waals surface area (Å²) in [6.45, 7) is 3.68. The minimum Gasteiger partial charge on any atom is -0.374 e. The van der Waals surface area contributed by atoms with Crippen LogP contribution in [0.3, 0.4) is 0 Å². The molecule has 7 nitrogen and oxygen atoms in total. The molecule has 1 fully saturated rings. The van der Waals surface area contributed by atoms with Crippen molar-refractivity contribution in [3.8, 4) is 0 Å². The number of rotatable bonds is 7. The molecule has 0 bridgehead atoms. The summed E-state index contributed by atoms with van der Waals surface area (Å²) < 4.78 is 4.94. The summed E-state index contributed by atoms with van der Waals surface area (Å²) in [7, 11) is 0. The second kappa shape index (κ2) is 7.38. The highest BCUT2D eigenvalue weighted by molar-refractivity contribution is 5.96. The van der Waals surface area contributed by atoms with Gasteiger partial charge in [-0.25, -0.2) is 0 Å². The van der Waals surface area contributed by atoms with Crippen LogP contribution in [-0.2, 0) is 4.79 Å². The molecule has 7 heteroatoms. The summed E-state index contributed by atoms with van der Waals surface area (Å²) in [5.41, 5.74) is 1.40. The van der Waals surface area contributed by atoms with Crippen LogP contribution in [0.4, 0.5) is 11.5 Å². The van der Waals surface area contributed by atoms with Crippen molar-refractivity contribution in [3.63, 3.8) is 0 Å². The highest BCUT2D eigenvalue weighted by atomic mass is 16.5. The van der Waals surface area contributed by atoms with Gasteiger partial charge >= 0.3 is 0 Å². The van der Waals surface area contributed by atoms with Crippen molar-refractivity contribution in [2.75, 3.05) is 10.6 Å². The molecular formula is C18H22N4O3. The molecule has 0 unspecified atom stereocenters. The molecule has 1 aromatic carbocycles. The van der Waals surface area contributed by atoms with E-state index in [9.17, 15) is 9.59 Å². The van der Waals surface area contributed by atoms with Gasteiger partial charge in [0.05, 0.1) is 0 Å². The molecule has 3 rings (SSSR count). The topological polar surface area (TPSA) is 96.3 Å². The van der Waals surface area contributed by atoms with Gasteiger partial charge in [-0.15, -0.1) is 0 Å². The zero-order valence-electron chi connectivity index (χ0n) is 14.3. The van der Waals surface area contributed by atoms with E-state index in [1.807, 2.05) is 6.92 Å². The number of hydrogen-bond donors (Lipinski definition) is 3. The normalized spacial score (nSPS) is 14.6. The van der Waals surface area contributed by atoms with Gasteiger partial charge in [0, 0.05) is 23.4 Å². The molecule has 1 heterocycles. The van der Waals surface area contributed by atoms with Crippen LogP contribution in [0.1, 0.15) is 42.3 Å². The number of aromatic nitrogens is 1. The largest absolute Gasteiger partial charge is 0.374 e. The maximum absolute atomic E-state index is 12.3. The fourth-order valence-corrected chi connectivity index (χ4v) is 2.41. The Morgan fingerprint density at radius 3 is 2.56 bits per heavy atom. The molecule has 25 heavy (non-hydrogen) atoms. The molecule has 0 aliphatic heterocycles. The van der Waals surface area contributed by atoms with Crippen molar-refractivity contribution in [1.82, 2.24) is 10.5 Å². The Morgan fingerprint density at radius 2 is 2.00 bits per heavy atom. The number of benzene rings is 1. The van der Waals surface area contributed by atoms with Gasteiger partial charge < -0.3 is 20.5 Å². The lowest BCUT2D eigenvalue weighted by atomic mass is 10.1. The molecule has 1 atom stereocenters. The van der Waals surface area contributed by atoms with Gasteiger partial charge in [0.2, 0.25) is 5.91 Å². The molecule has 0 saturated heterocycles. The lowest BCUT2D eigenvalue weighted by molar-refractivity contribution is -0.117. The van der Waals surface area contributed by atoms with E-state index in [0.29, 0.717) is 29.6 Å². The van der Waals surface area contributed by atoms with Gasteiger partial charge in [0.1, 0.15) is 11.8 Å². The van der Waals surface area contributed by atoms with Gasteiger partial charge in [-0.05, 0) is 50.5 Å². The third-order valence-electron chi connectivity index (χ3n) is 4.00. The van der Waals surface area contributed by atoms with Crippen molar-refractivity contribution in [3.05, 3.63) is 41.7 Å². The SMILES string of the molecule is CC[C@H](Nc1ccc(C(=O)NC2CC2)cc1)C(=O)Nc1cc(C)on1. The predicted octanol–water partition coefficient (Wildman–Crippen LogP) is 2.70. The van der Waals surface area contributed by atoms with Crippen LogP contribution in [-0.4, -0.2) is 29.1 Å². The summed E-state index contributed by atoms with van der Waals surface area (Å²) in [6.07, 6.45) is 2.72. The molecule has 1 saturated carbocycles. The predicted molar refractivity (Wildman–Crippen MR) is 94.5 cm³/mol. The standard InChI is InChI=1S/C18H22N4O3/c1-3-15(18(24)21-16-10-11(2)25-22-16)19-13-6-4-12(5-7-13)17(23)20-14-8-9-14/h4-7,10,14-15,19H,3,8-9H2,1-2H3,(H,20,23)(H,21,22,24)/t15-/m0/s1. The van der Waals surface area contributed by atoms with Crippen LogP contribution in [0.2, 0.25) is 0 Å². The molecule has 1 aliphatic carbocycles. The quantitative estimate of drug-likeness (QED) is 0.719. The van der Waals surface area contributed by atoms with E-state index < -0.39 is 6.04 Å². The van der Waals surface area contributed by atoms with Crippen LogP contribution in [0.25, 0.3) is 0 Å². The van der Waals surface area contributed by atoms with E-state index in [1.54, 1.807) is 37.3 Å². The lowest BCUT2D eigenvalue weighted by Crippen LogP contribution is -2.34. The zero-order chi connectivity index (χ0) is 17.8. The minimum atomic E-state index is -0.414. The monoisotopic (exact) mass is 342 g/mol. The van der Waals surface area contributed by atoms with Gasteiger partial charge in [-0.2, -0.15) is 0 Å². The van der Waals surface area contributed by atoms with Gasteiger partial charge in [-0.3, -0.25) is 9.59 Å². The van der Waals surface area contributed by atoms with Crippen LogP contribution in [0, 0.1) is 6.92 Å². The molecule has 0 spiro atoms. The summed E-state index contributed by atoms with van der Waals surface area (Å²) in [5.74, 6) is 0.790. The maximum atomic E-state index is 12.3. The van der Waals surface area contributed by atoms with Crippen molar-refractivity contribution < 1.29 is 14.1 Å². The van der Waals surface area contributed by atoms with Crippen LogP contribution in [0.5, 0.6) is 0 Å². The maximum Gasteiger partial charge on any atom is 0.251 e. The Labute approximate surface area is 146 Å². The molecule has 3 N–H and O–H groups in total. The first-order valence-electron chi connectivity index (χ1n) is 8.47. The first-order valence-corrected chi connectivity index (χ1v) is 8.47. The van der Waals surface area contributed by atoms with Crippen LogP contribution < -0.4 is 16.0 Å². The number of anilines is 2. The average Bonchev–Trinajstić information content (AvgIpc) is 3.33. The Bertz CT molecular complexity index is 750. The fraction of sp³-hybridized carbons (Fsp3) is 0.389. The fourth-order valence-electron chi connectivity index (χ4n) is 2.41. The molecule has 1 aromatic heterocycles. The van der Waals surface area contributed by atoms with E-state index in [-0.39, 0.29) is 11.8 Å². The summed E-state index contributed by atoms with van der Waals surface area (Å²) >= 11 is 0. The summed E-state index contributed by atoms with van der Waals surface area (Å²) in [6, 6.07) is 8.70. The number of nitrogens with zero attached hydrogens (tertiary/aromatic N) is 1. The molecule has 2 amide bonds. The summed E-state index contributed by atoms with van der Waals surface area (Å²) in [4.78, 5) is 24.3. The Hall–Kier alpha value is -2.83. The second-order valence-corrected chi connectivity index (χ2v) is 6.24. The van der Waals surface area contributed by atoms with E-state index in [2.05, 4.69) is 21.1 Å². The number of nitrogens with one attached hydrogen (secondary N) is 3. The average molecular weight is 342 g/mol. The van der Waals surface area contributed by atoms with Crippen LogP contribution >= 0.6 is 0 Å². The van der Waals surface area contributed by atoms with Gasteiger partial charge in [0.25, 0.3) is 5.91 Å². The molecule has 0 radical (unpaired) electrons. The molecule has 2 aromatic rings. The van der Waals surface area contributed by atoms with Crippen LogP contribution in [0.15, 0.2) is 34.9 Å². The number of aryl methyl sites for hydroxylation is 1. The number of carbonyl (C=O) groups is 2. The number of carbonyl (C=O) groups excluding carboxylic acids is 2. The number of hydrogen-bond acceptors (Lipinski definition) is 5. The molecule has 1 aliphatic rings. The van der Waals surface area contributed by atoms with E-state index in [1.165, 1.54) is 0 Å². The van der Waals surface area contributed by atoms with Gasteiger partial charge in [0.15, 0.2) is 5.82 Å².